The first-order valence-corrected chi connectivity index (χ1v) is 7.21. The van der Waals surface area contributed by atoms with Crippen molar-refractivity contribution in [1.82, 2.24) is 10.4 Å². The van der Waals surface area contributed by atoms with E-state index in [4.69, 9.17) is 5.84 Å². The van der Waals surface area contributed by atoms with Crippen LogP contribution in [-0.4, -0.2) is 10.9 Å². The fraction of sp³-hybridized carbons (Fsp3) is 0.167. The van der Waals surface area contributed by atoms with E-state index in [-0.39, 0.29) is 5.91 Å². The van der Waals surface area contributed by atoms with Crippen LogP contribution in [-0.2, 0) is 5.75 Å². The van der Waals surface area contributed by atoms with E-state index in [1.165, 1.54) is 21.8 Å². The van der Waals surface area contributed by atoms with Crippen LogP contribution in [0.2, 0.25) is 0 Å². The number of amides is 1. The monoisotopic (exact) mass is 279 g/mol. The van der Waals surface area contributed by atoms with E-state index < -0.39 is 0 Å². The third-order valence-electron chi connectivity index (χ3n) is 2.35. The maximum Gasteiger partial charge on any atom is 0.294 e. The number of aryl methyl sites for hydroxylation is 1. The summed E-state index contributed by atoms with van der Waals surface area (Å²) in [6.45, 7) is 2.08. The molecule has 0 atom stereocenters. The zero-order chi connectivity index (χ0) is 13.0. The van der Waals surface area contributed by atoms with Crippen molar-refractivity contribution in [2.75, 3.05) is 0 Å². The van der Waals surface area contributed by atoms with Crippen molar-refractivity contribution in [1.29, 1.82) is 0 Å². The number of carbonyl (C=O) groups is 1. The van der Waals surface area contributed by atoms with Gasteiger partial charge >= 0.3 is 0 Å². The first-order valence-electron chi connectivity index (χ1n) is 5.34. The number of thioether (sulfide) groups is 1. The molecule has 0 spiro atoms. The summed E-state index contributed by atoms with van der Waals surface area (Å²) in [6, 6.07) is 8.20. The zero-order valence-corrected chi connectivity index (χ0v) is 11.5. The van der Waals surface area contributed by atoms with E-state index >= 15 is 0 Å². The molecule has 0 saturated heterocycles. The van der Waals surface area contributed by atoms with Crippen LogP contribution in [0, 0.1) is 6.92 Å². The molecule has 0 unspecified atom stereocenters. The summed E-state index contributed by atoms with van der Waals surface area (Å²) in [5, 5.41) is 2.29. The molecule has 6 heteroatoms. The Hall–Kier alpha value is -1.37. The summed E-state index contributed by atoms with van der Waals surface area (Å²) in [7, 11) is 0. The van der Waals surface area contributed by atoms with Gasteiger partial charge in [-0.1, -0.05) is 18.2 Å². The van der Waals surface area contributed by atoms with E-state index in [1.807, 2.05) is 17.5 Å². The van der Waals surface area contributed by atoms with Gasteiger partial charge in [-0.05, 0) is 18.6 Å². The summed E-state index contributed by atoms with van der Waals surface area (Å²) in [4.78, 5) is 16.7. The minimum Gasteiger partial charge on any atom is -0.288 e. The standard InChI is InChI=1S/C12H13N3OS2/c1-8-4-2-3-5-10(8)17-6-9-7-18-12(14-9)11(16)15-13/h2-5,7H,6,13H2,1H3,(H,15,16). The Morgan fingerprint density at radius 1 is 1.50 bits per heavy atom. The molecule has 0 radical (unpaired) electrons. The van der Waals surface area contributed by atoms with Crippen molar-refractivity contribution in [3.05, 3.63) is 45.9 Å². The fourth-order valence-corrected chi connectivity index (χ4v) is 3.16. The van der Waals surface area contributed by atoms with Crippen molar-refractivity contribution in [2.45, 2.75) is 17.6 Å². The number of nitrogens with two attached hydrogens (primary N) is 1. The second-order valence-electron chi connectivity index (χ2n) is 3.67. The van der Waals surface area contributed by atoms with Crippen LogP contribution in [0.4, 0.5) is 0 Å². The summed E-state index contributed by atoms with van der Waals surface area (Å²) in [5.41, 5.74) is 4.22. The normalized spacial score (nSPS) is 10.3. The number of aromatic nitrogens is 1. The highest BCUT2D eigenvalue weighted by atomic mass is 32.2. The van der Waals surface area contributed by atoms with Gasteiger partial charge in [0.1, 0.15) is 0 Å². The summed E-state index contributed by atoms with van der Waals surface area (Å²) in [5.74, 6) is 5.47. The van der Waals surface area contributed by atoms with Gasteiger partial charge in [-0.25, -0.2) is 10.8 Å². The van der Waals surface area contributed by atoms with Crippen molar-refractivity contribution in [3.63, 3.8) is 0 Å². The molecule has 18 heavy (non-hydrogen) atoms. The van der Waals surface area contributed by atoms with E-state index in [2.05, 4.69) is 29.5 Å². The predicted molar refractivity (Wildman–Crippen MR) is 74.5 cm³/mol. The van der Waals surface area contributed by atoms with E-state index in [1.54, 1.807) is 11.8 Å². The lowest BCUT2D eigenvalue weighted by atomic mass is 10.2. The molecular weight excluding hydrogens is 266 g/mol. The Morgan fingerprint density at radius 3 is 3.00 bits per heavy atom. The van der Waals surface area contributed by atoms with Gasteiger partial charge in [-0.3, -0.25) is 10.2 Å². The zero-order valence-electron chi connectivity index (χ0n) is 9.84. The van der Waals surface area contributed by atoms with Gasteiger partial charge in [0, 0.05) is 16.0 Å². The SMILES string of the molecule is Cc1ccccc1SCc1csc(C(=O)NN)n1. The van der Waals surface area contributed by atoms with Gasteiger partial charge in [0.05, 0.1) is 5.69 Å². The molecule has 0 aliphatic carbocycles. The molecule has 4 nitrogen and oxygen atoms in total. The Labute approximate surface area is 114 Å². The lowest BCUT2D eigenvalue weighted by Crippen LogP contribution is -2.29. The number of benzene rings is 1. The minimum absolute atomic E-state index is 0.341. The summed E-state index contributed by atoms with van der Waals surface area (Å²) in [6.07, 6.45) is 0. The molecule has 2 rings (SSSR count). The van der Waals surface area contributed by atoms with Crippen LogP contribution >= 0.6 is 23.1 Å². The average molecular weight is 279 g/mol. The predicted octanol–water partition coefficient (Wildman–Crippen LogP) is 2.35. The molecular formula is C12H13N3OS2. The lowest BCUT2D eigenvalue weighted by molar-refractivity contribution is 0.0953. The molecule has 1 amide bonds. The van der Waals surface area contributed by atoms with Gasteiger partial charge in [0.2, 0.25) is 0 Å². The highest BCUT2D eigenvalue weighted by Gasteiger charge is 2.09. The summed E-state index contributed by atoms with van der Waals surface area (Å²) >= 11 is 3.02. The van der Waals surface area contributed by atoms with Gasteiger partial charge in [0.15, 0.2) is 5.01 Å². The maximum atomic E-state index is 11.3. The molecule has 1 aromatic carbocycles. The summed E-state index contributed by atoms with van der Waals surface area (Å²) < 4.78 is 0. The molecule has 1 heterocycles. The number of thiazole rings is 1. The Bertz CT molecular complexity index is 554. The molecule has 0 aliphatic rings. The smallest absolute Gasteiger partial charge is 0.288 e. The molecule has 94 valence electrons. The van der Waals surface area contributed by atoms with Crippen LogP contribution in [0.3, 0.4) is 0 Å². The largest absolute Gasteiger partial charge is 0.294 e. The number of nitrogen functional groups attached to an aromatic ring is 1. The van der Waals surface area contributed by atoms with Gasteiger partial charge < -0.3 is 0 Å². The second kappa shape index (κ2) is 5.99. The quantitative estimate of drug-likeness (QED) is 0.390. The van der Waals surface area contributed by atoms with Crippen molar-refractivity contribution in [2.24, 2.45) is 5.84 Å². The molecule has 3 N–H and O–H groups in total. The number of hydrogen-bond acceptors (Lipinski definition) is 5. The van der Waals surface area contributed by atoms with Crippen LogP contribution in [0.25, 0.3) is 0 Å². The maximum absolute atomic E-state index is 11.3. The van der Waals surface area contributed by atoms with Crippen LogP contribution in [0.1, 0.15) is 21.1 Å². The third-order valence-corrected chi connectivity index (χ3v) is 4.45. The van der Waals surface area contributed by atoms with Gasteiger partial charge in [0.25, 0.3) is 5.91 Å². The number of rotatable bonds is 4. The molecule has 1 aromatic heterocycles. The lowest BCUT2D eigenvalue weighted by Gasteiger charge is -2.02. The van der Waals surface area contributed by atoms with Crippen molar-refractivity contribution in [3.8, 4) is 0 Å². The average Bonchev–Trinajstić information content (AvgIpc) is 2.86. The second-order valence-corrected chi connectivity index (χ2v) is 5.55. The van der Waals surface area contributed by atoms with E-state index in [0.717, 1.165) is 11.4 Å². The van der Waals surface area contributed by atoms with Crippen LogP contribution in [0.15, 0.2) is 34.5 Å². The van der Waals surface area contributed by atoms with Crippen LogP contribution in [0.5, 0.6) is 0 Å². The number of carbonyl (C=O) groups excluding carboxylic acids is 1. The van der Waals surface area contributed by atoms with Gasteiger partial charge in [-0.2, -0.15) is 0 Å². The molecule has 0 fully saturated rings. The van der Waals surface area contributed by atoms with Crippen molar-refractivity contribution < 1.29 is 4.79 Å². The number of hydrazine groups is 1. The first-order chi connectivity index (χ1) is 8.70. The number of nitrogens with one attached hydrogen (secondary N) is 1. The fourth-order valence-electron chi connectivity index (χ4n) is 1.41. The molecule has 0 aliphatic heterocycles. The molecule has 2 aromatic rings. The molecule has 0 saturated carbocycles. The topological polar surface area (TPSA) is 68.0 Å². The van der Waals surface area contributed by atoms with Gasteiger partial charge in [-0.15, -0.1) is 23.1 Å². The van der Waals surface area contributed by atoms with E-state index in [0.29, 0.717) is 5.01 Å². The van der Waals surface area contributed by atoms with E-state index in [9.17, 15) is 4.79 Å². The minimum atomic E-state index is -0.341. The highest BCUT2D eigenvalue weighted by molar-refractivity contribution is 7.98. The third kappa shape index (κ3) is 3.10. The Kier molecular flexibility index (Phi) is 4.35. The Morgan fingerprint density at radius 2 is 2.28 bits per heavy atom. The number of nitrogens with zero attached hydrogens (tertiary/aromatic N) is 1. The van der Waals surface area contributed by atoms with Crippen molar-refractivity contribution >= 4 is 29.0 Å². The Balaban J connectivity index is 2.01. The number of hydrogen-bond donors (Lipinski definition) is 2. The first kappa shape index (κ1) is 13.1. The molecule has 0 bridgehead atoms. The van der Waals surface area contributed by atoms with Crippen LogP contribution < -0.4 is 11.3 Å². The highest BCUT2D eigenvalue weighted by Crippen LogP contribution is 2.26.